The lowest BCUT2D eigenvalue weighted by Crippen LogP contribution is -2.31. The molecule has 0 fully saturated rings. The maximum Gasteiger partial charge on any atom is 0.198 e. The Kier molecular flexibility index (Phi) is 11.4. The van der Waals surface area contributed by atoms with E-state index < -0.39 is 0 Å². The first-order valence-electron chi connectivity index (χ1n) is 13.7. The predicted molar refractivity (Wildman–Crippen MR) is 145 cm³/mol. The molecule has 4 N–H and O–H groups in total. The van der Waals surface area contributed by atoms with Crippen molar-refractivity contribution in [3.63, 3.8) is 0 Å². The van der Waals surface area contributed by atoms with Crippen LogP contribution in [0.3, 0.4) is 0 Å². The van der Waals surface area contributed by atoms with Crippen LogP contribution in [0.1, 0.15) is 109 Å². The molecule has 1 unspecified atom stereocenters. The molecule has 0 amide bonds. The van der Waals surface area contributed by atoms with Gasteiger partial charge in [-0.25, -0.2) is 0 Å². The molecular formula is C30H42N2O4. The van der Waals surface area contributed by atoms with Crippen molar-refractivity contribution in [2.45, 2.75) is 83.7 Å². The molecule has 6 heteroatoms. The summed E-state index contributed by atoms with van der Waals surface area (Å²) in [7, 11) is 0. The van der Waals surface area contributed by atoms with Gasteiger partial charge < -0.3 is 20.8 Å². The smallest absolute Gasteiger partial charge is 0.198 e. The molecule has 0 bridgehead atoms. The number of phenolic OH excluding ortho intramolecular Hbond substituents is 1. The minimum Gasteiger partial charge on any atom is -0.507 e. The monoisotopic (exact) mass is 494 g/mol. The number of unbranched alkanes of at least 4 members (excludes halogenated alkanes) is 9. The number of rotatable bonds is 17. The van der Waals surface area contributed by atoms with Gasteiger partial charge in [0.05, 0.1) is 17.2 Å². The largest absolute Gasteiger partial charge is 0.507 e. The molecule has 36 heavy (non-hydrogen) atoms. The van der Waals surface area contributed by atoms with E-state index in [2.05, 4.69) is 17.6 Å². The highest BCUT2D eigenvalue weighted by Gasteiger charge is 2.33. The van der Waals surface area contributed by atoms with Gasteiger partial charge in [-0.15, -0.1) is 0 Å². The summed E-state index contributed by atoms with van der Waals surface area (Å²) in [6.45, 7) is 3.89. The maximum absolute atomic E-state index is 13.1. The molecule has 0 saturated heterocycles. The van der Waals surface area contributed by atoms with Crippen LogP contribution >= 0.6 is 0 Å². The van der Waals surface area contributed by atoms with E-state index >= 15 is 0 Å². The number of aromatic hydroxyl groups is 1. The Labute approximate surface area is 215 Å². The van der Waals surface area contributed by atoms with Crippen molar-refractivity contribution >= 4 is 17.3 Å². The van der Waals surface area contributed by atoms with E-state index in [-0.39, 0.29) is 34.5 Å². The van der Waals surface area contributed by atoms with E-state index in [1.54, 1.807) is 30.3 Å². The van der Waals surface area contributed by atoms with E-state index in [0.29, 0.717) is 36.4 Å². The first-order valence-corrected chi connectivity index (χ1v) is 13.7. The van der Waals surface area contributed by atoms with Gasteiger partial charge in [0.25, 0.3) is 0 Å². The molecule has 0 spiro atoms. The summed E-state index contributed by atoms with van der Waals surface area (Å²) in [6.07, 6.45) is 13.3. The molecule has 0 heterocycles. The van der Waals surface area contributed by atoms with E-state index in [4.69, 9.17) is 0 Å². The van der Waals surface area contributed by atoms with Gasteiger partial charge >= 0.3 is 0 Å². The van der Waals surface area contributed by atoms with Gasteiger partial charge in [-0.2, -0.15) is 0 Å². The fourth-order valence-corrected chi connectivity index (χ4v) is 4.88. The van der Waals surface area contributed by atoms with Crippen molar-refractivity contribution in [2.24, 2.45) is 0 Å². The highest BCUT2D eigenvalue weighted by molar-refractivity contribution is 6.31. The molecule has 196 valence electrons. The van der Waals surface area contributed by atoms with Crippen molar-refractivity contribution in [3.05, 3.63) is 58.7 Å². The van der Waals surface area contributed by atoms with Crippen molar-refractivity contribution < 1.29 is 19.8 Å². The normalized spacial score (nSPS) is 13.4. The summed E-state index contributed by atoms with van der Waals surface area (Å²) in [4.78, 5) is 26.0. The summed E-state index contributed by atoms with van der Waals surface area (Å²) in [5, 5.41) is 27.0. The van der Waals surface area contributed by atoms with Crippen molar-refractivity contribution in [1.82, 2.24) is 5.32 Å². The van der Waals surface area contributed by atoms with Crippen LogP contribution in [0.15, 0.2) is 36.4 Å². The Morgan fingerprint density at radius 2 is 1.33 bits per heavy atom. The lowest BCUT2D eigenvalue weighted by atomic mass is 9.82. The van der Waals surface area contributed by atoms with Gasteiger partial charge in [0.2, 0.25) is 0 Å². The lowest BCUT2D eigenvalue weighted by molar-refractivity contribution is 0.0977. The van der Waals surface area contributed by atoms with Gasteiger partial charge in [0, 0.05) is 36.4 Å². The second-order valence-corrected chi connectivity index (χ2v) is 9.84. The molecule has 0 aliphatic heterocycles. The minimum atomic E-state index is -0.365. The van der Waals surface area contributed by atoms with Gasteiger partial charge in [-0.1, -0.05) is 95.4 Å². The van der Waals surface area contributed by atoms with Crippen LogP contribution in [-0.2, 0) is 0 Å². The number of carbonyl (C=O) groups is 2. The van der Waals surface area contributed by atoms with Gasteiger partial charge in [-0.05, 0) is 18.6 Å². The zero-order valence-electron chi connectivity index (χ0n) is 21.7. The standard InChI is InChI=1S/C30H42N2O4/c1-2-3-4-5-6-7-8-9-10-11-14-22(33)21-31-19-20-32-25-17-18-26(34)28-27(25)29(35)23-15-12-13-16-24(23)30(28)36/h12-13,15-18,22,31-34H,2-11,14,19-21H2,1H3. The van der Waals surface area contributed by atoms with Gasteiger partial charge in [-0.3, -0.25) is 9.59 Å². The second-order valence-electron chi connectivity index (χ2n) is 9.84. The first-order chi connectivity index (χ1) is 17.5. The number of anilines is 1. The third kappa shape index (κ3) is 7.65. The zero-order chi connectivity index (χ0) is 25.8. The predicted octanol–water partition coefficient (Wildman–Crippen LogP) is 5.84. The molecule has 0 aromatic heterocycles. The number of aliphatic hydroxyl groups excluding tert-OH is 1. The van der Waals surface area contributed by atoms with Crippen LogP contribution in [-0.4, -0.2) is 47.5 Å². The van der Waals surface area contributed by atoms with E-state index in [0.717, 1.165) is 12.8 Å². The van der Waals surface area contributed by atoms with Crippen molar-refractivity contribution in [1.29, 1.82) is 0 Å². The Morgan fingerprint density at radius 1 is 0.750 bits per heavy atom. The average Bonchev–Trinajstić information content (AvgIpc) is 2.88. The Hall–Kier alpha value is -2.70. The number of nitrogens with one attached hydrogen (secondary N) is 2. The van der Waals surface area contributed by atoms with Crippen LogP contribution in [0.25, 0.3) is 0 Å². The van der Waals surface area contributed by atoms with Gasteiger partial charge in [0.1, 0.15) is 5.75 Å². The van der Waals surface area contributed by atoms with Crippen molar-refractivity contribution in [2.75, 3.05) is 25.0 Å². The number of fused-ring (bicyclic) bond motifs is 2. The highest BCUT2D eigenvalue weighted by Crippen LogP contribution is 2.36. The summed E-state index contributed by atoms with van der Waals surface area (Å²) in [5.41, 5.74) is 1.49. The summed E-state index contributed by atoms with van der Waals surface area (Å²) < 4.78 is 0. The number of hydrogen-bond donors (Lipinski definition) is 4. The second kappa shape index (κ2) is 14.8. The number of hydrogen-bond acceptors (Lipinski definition) is 6. The van der Waals surface area contributed by atoms with E-state index in [1.165, 1.54) is 63.9 Å². The third-order valence-electron chi connectivity index (χ3n) is 6.94. The van der Waals surface area contributed by atoms with Crippen LogP contribution in [0.2, 0.25) is 0 Å². The first kappa shape index (κ1) is 27.9. The van der Waals surface area contributed by atoms with E-state index in [1.807, 2.05) is 0 Å². The Balaban J connectivity index is 1.34. The fraction of sp³-hybridized carbons (Fsp3) is 0.533. The Morgan fingerprint density at radius 3 is 1.97 bits per heavy atom. The molecule has 0 saturated carbocycles. The quantitative estimate of drug-likeness (QED) is 0.139. The Bertz CT molecular complexity index is 1000. The van der Waals surface area contributed by atoms with Crippen LogP contribution < -0.4 is 10.6 Å². The minimum absolute atomic E-state index is 0.0589. The molecule has 1 atom stereocenters. The topological polar surface area (TPSA) is 98.7 Å². The zero-order valence-corrected chi connectivity index (χ0v) is 21.7. The van der Waals surface area contributed by atoms with Gasteiger partial charge in [0.15, 0.2) is 11.6 Å². The number of ketones is 2. The molecule has 0 radical (unpaired) electrons. The van der Waals surface area contributed by atoms with Crippen LogP contribution in [0.4, 0.5) is 5.69 Å². The molecule has 1 aliphatic carbocycles. The fourth-order valence-electron chi connectivity index (χ4n) is 4.88. The highest BCUT2D eigenvalue weighted by atomic mass is 16.3. The molecule has 6 nitrogen and oxygen atoms in total. The SMILES string of the molecule is CCCCCCCCCCCCC(O)CNCCNc1ccc(O)c2c1C(=O)c1ccccc1C2=O. The molecule has 2 aromatic carbocycles. The summed E-state index contributed by atoms with van der Waals surface area (Å²) in [5.74, 6) is -0.787. The molecular weight excluding hydrogens is 452 g/mol. The number of aliphatic hydroxyl groups is 1. The number of benzene rings is 2. The molecule has 3 rings (SSSR count). The summed E-state index contributed by atoms with van der Waals surface area (Å²) in [6, 6.07) is 9.78. The molecule has 2 aromatic rings. The number of phenols is 1. The maximum atomic E-state index is 13.1. The summed E-state index contributed by atoms with van der Waals surface area (Å²) >= 11 is 0. The lowest BCUT2D eigenvalue weighted by Gasteiger charge is -2.21. The average molecular weight is 495 g/mol. The van der Waals surface area contributed by atoms with Crippen LogP contribution in [0, 0.1) is 0 Å². The van der Waals surface area contributed by atoms with Crippen molar-refractivity contribution in [3.8, 4) is 5.75 Å². The third-order valence-corrected chi connectivity index (χ3v) is 6.94. The number of carbonyl (C=O) groups excluding carboxylic acids is 2. The van der Waals surface area contributed by atoms with E-state index in [9.17, 15) is 19.8 Å². The molecule has 1 aliphatic rings. The van der Waals surface area contributed by atoms with Crippen LogP contribution in [0.5, 0.6) is 5.75 Å².